The Hall–Kier alpha value is -1.14. The summed E-state index contributed by atoms with van der Waals surface area (Å²) < 4.78 is 0. The summed E-state index contributed by atoms with van der Waals surface area (Å²) in [7, 11) is 0. The van der Waals surface area contributed by atoms with Crippen molar-refractivity contribution in [3.05, 3.63) is 33.9 Å². The number of H-pyrrole nitrogens is 1. The minimum absolute atomic E-state index is 0.176. The van der Waals surface area contributed by atoms with Crippen LogP contribution in [0.4, 0.5) is 0 Å². The fourth-order valence-corrected chi connectivity index (χ4v) is 1.88. The van der Waals surface area contributed by atoms with Gasteiger partial charge in [0.1, 0.15) is 6.61 Å². The number of hydrogen-bond acceptors (Lipinski definition) is 1. The first-order chi connectivity index (χ1) is 7.24. The first kappa shape index (κ1) is 10.4. The van der Waals surface area contributed by atoms with E-state index in [1.807, 2.05) is 0 Å². The summed E-state index contributed by atoms with van der Waals surface area (Å²) in [5.74, 6) is 5.38. The van der Waals surface area contributed by atoms with Crippen LogP contribution in [0.1, 0.15) is 5.56 Å². The van der Waals surface area contributed by atoms with Gasteiger partial charge in [-0.2, -0.15) is 0 Å². The number of fused-ring (bicyclic) bond motifs is 1. The first-order valence-corrected chi connectivity index (χ1v) is 5.04. The third-order valence-corrected chi connectivity index (χ3v) is 2.67. The molecule has 2 rings (SSSR count). The third-order valence-electron chi connectivity index (χ3n) is 2.04. The van der Waals surface area contributed by atoms with Crippen molar-refractivity contribution in [1.29, 1.82) is 0 Å². The molecule has 0 amide bonds. The Morgan fingerprint density at radius 2 is 2.00 bits per heavy atom. The highest BCUT2D eigenvalue weighted by atomic mass is 35.5. The van der Waals surface area contributed by atoms with Crippen molar-refractivity contribution in [3.8, 4) is 11.8 Å². The number of aromatic amines is 1. The molecule has 15 heavy (non-hydrogen) atoms. The Morgan fingerprint density at radius 3 is 2.73 bits per heavy atom. The number of hydrogen-bond donors (Lipinski definition) is 2. The van der Waals surface area contributed by atoms with Gasteiger partial charge in [-0.25, -0.2) is 0 Å². The van der Waals surface area contributed by atoms with Crippen LogP contribution >= 0.6 is 23.2 Å². The minimum atomic E-state index is -0.176. The maximum atomic E-state index is 8.62. The average Bonchev–Trinajstić information content (AvgIpc) is 2.65. The Morgan fingerprint density at radius 1 is 1.27 bits per heavy atom. The maximum Gasteiger partial charge on any atom is 0.104 e. The molecule has 0 saturated carbocycles. The molecule has 0 aliphatic rings. The van der Waals surface area contributed by atoms with E-state index in [0.717, 1.165) is 16.5 Å². The Labute approximate surface area is 96.8 Å². The van der Waals surface area contributed by atoms with Crippen LogP contribution in [-0.4, -0.2) is 16.7 Å². The van der Waals surface area contributed by atoms with Gasteiger partial charge in [0.05, 0.1) is 21.1 Å². The van der Waals surface area contributed by atoms with Crippen LogP contribution in [0.15, 0.2) is 18.3 Å². The number of aliphatic hydroxyl groups is 1. The van der Waals surface area contributed by atoms with Gasteiger partial charge in [0.25, 0.3) is 0 Å². The summed E-state index contributed by atoms with van der Waals surface area (Å²) in [5, 5.41) is 10.6. The van der Waals surface area contributed by atoms with Gasteiger partial charge < -0.3 is 10.1 Å². The predicted molar refractivity (Wildman–Crippen MR) is 62.3 cm³/mol. The molecule has 0 atom stereocenters. The molecule has 2 nitrogen and oxygen atoms in total. The number of nitrogens with one attached hydrogen (secondary N) is 1. The molecule has 1 heterocycles. The lowest BCUT2D eigenvalue weighted by Crippen LogP contribution is -1.76. The molecule has 1 aromatic carbocycles. The highest BCUT2D eigenvalue weighted by Gasteiger charge is 2.08. The Bertz CT molecular complexity index is 563. The Kier molecular flexibility index (Phi) is 2.88. The molecular formula is C11H7Cl2NO. The standard InChI is InChI=1S/C11H7Cl2NO/c12-8-3-4-9(13)11-10(8)7(6-14-11)2-1-5-15/h3-4,6,14-15H,5H2. The van der Waals surface area contributed by atoms with Gasteiger partial charge in [-0.3, -0.25) is 0 Å². The molecule has 76 valence electrons. The van der Waals surface area contributed by atoms with Gasteiger partial charge in [0.15, 0.2) is 0 Å². The van der Waals surface area contributed by atoms with Crippen LogP contribution in [-0.2, 0) is 0 Å². The van der Waals surface area contributed by atoms with E-state index in [9.17, 15) is 0 Å². The number of rotatable bonds is 0. The first-order valence-electron chi connectivity index (χ1n) is 4.29. The maximum absolute atomic E-state index is 8.62. The Balaban J connectivity index is 2.73. The van der Waals surface area contributed by atoms with Crippen LogP contribution < -0.4 is 0 Å². The molecule has 0 unspecified atom stereocenters. The molecule has 0 radical (unpaired) electrons. The number of halogens is 2. The average molecular weight is 240 g/mol. The minimum Gasteiger partial charge on any atom is -0.384 e. The SMILES string of the molecule is OCC#Cc1c[nH]c2c(Cl)ccc(Cl)c12. The third kappa shape index (κ3) is 1.82. The van der Waals surface area contributed by atoms with Crippen molar-refractivity contribution in [2.24, 2.45) is 0 Å². The molecule has 0 aliphatic heterocycles. The quantitative estimate of drug-likeness (QED) is 0.682. The largest absolute Gasteiger partial charge is 0.384 e. The highest BCUT2D eigenvalue weighted by molar-refractivity contribution is 6.40. The molecule has 0 bridgehead atoms. The van der Waals surface area contributed by atoms with Crippen LogP contribution in [0.5, 0.6) is 0 Å². The second-order valence-electron chi connectivity index (χ2n) is 2.94. The topological polar surface area (TPSA) is 36.0 Å². The lowest BCUT2D eigenvalue weighted by Gasteiger charge is -1.96. The monoisotopic (exact) mass is 239 g/mol. The van der Waals surface area contributed by atoms with Crippen molar-refractivity contribution in [2.75, 3.05) is 6.61 Å². The summed E-state index contributed by atoms with van der Waals surface area (Å²) in [6, 6.07) is 3.45. The van der Waals surface area contributed by atoms with E-state index in [-0.39, 0.29) is 6.61 Å². The fraction of sp³-hybridized carbons (Fsp3) is 0.0909. The van der Waals surface area contributed by atoms with Crippen molar-refractivity contribution in [2.45, 2.75) is 0 Å². The lowest BCUT2D eigenvalue weighted by molar-refractivity contribution is 0.350. The summed E-state index contributed by atoms with van der Waals surface area (Å²) >= 11 is 12.0. The summed E-state index contributed by atoms with van der Waals surface area (Å²) in [5.41, 5.74) is 1.51. The molecule has 4 heteroatoms. The van der Waals surface area contributed by atoms with Gasteiger partial charge >= 0.3 is 0 Å². The normalized spacial score (nSPS) is 10.1. The van der Waals surface area contributed by atoms with Gasteiger partial charge in [-0.05, 0) is 12.1 Å². The van der Waals surface area contributed by atoms with Crippen molar-refractivity contribution < 1.29 is 5.11 Å². The van der Waals surface area contributed by atoms with Gasteiger partial charge in [-0.15, -0.1) is 0 Å². The molecule has 2 aromatic rings. The zero-order valence-electron chi connectivity index (χ0n) is 7.64. The summed E-state index contributed by atoms with van der Waals surface area (Å²) in [6.07, 6.45) is 1.73. The second-order valence-corrected chi connectivity index (χ2v) is 3.76. The van der Waals surface area contributed by atoms with E-state index < -0.39 is 0 Å². The number of benzene rings is 1. The molecule has 1 aromatic heterocycles. The smallest absolute Gasteiger partial charge is 0.104 e. The second kappa shape index (κ2) is 4.16. The van der Waals surface area contributed by atoms with E-state index in [0.29, 0.717) is 10.0 Å². The van der Waals surface area contributed by atoms with E-state index in [4.69, 9.17) is 28.3 Å². The van der Waals surface area contributed by atoms with Crippen molar-refractivity contribution >= 4 is 34.1 Å². The van der Waals surface area contributed by atoms with Gasteiger partial charge in [0, 0.05) is 11.6 Å². The summed E-state index contributed by atoms with van der Waals surface area (Å²) in [4.78, 5) is 3.01. The van der Waals surface area contributed by atoms with E-state index in [1.54, 1.807) is 18.3 Å². The number of aliphatic hydroxyl groups excluding tert-OH is 1. The fourth-order valence-electron chi connectivity index (χ4n) is 1.41. The van der Waals surface area contributed by atoms with E-state index in [2.05, 4.69) is 16.8 Å². The van der Waals surface area contributed by atoms with Crippen LogP contribution in [0, 0.1) is 11.8 Å². The lowest BCUT2D eigenvalue weighted by atomic mass is 10.2. The predicted octanol–water partition coefficient (Wildman–Crippen LogP) is 2.82. The molecular weight excluding hydrogens is 233 g/mol. The molecule has 0 spiro atoms. The van der Waals surface area contributed by atoms with E-state index >= 15 is 0 Å². The number of aromatic nitrogens is 1. The highest BCUT2D eigenvalue weighted by Crippen LogP contribution is 2.31. The van der Waals surface area contributed by atoms with Crippen molar-refractivity contribution in [3.63, 3.8) is 0 Å². The van der Waals surface area contributed by atoms with Gasteiger partial charge in [0.2, 0.25) is 0 Å². The van der Waals surface area contributed by atoms with Crippen LogP contribution in [0.25, 0.3) is 10.9 Å². The zero-order valence-corrected chi connectivity index (χ0v) is 9.15. The van der Waals surface area contributed by atoms with E-state index in [1.165, 1.54) is 0 Å². The molecule has 0 fully saturated rings. The van der Waals surface area contributed by atoms with Gasteiger partial charge in [-0.1, -0.05) is 35.0 Å². The van der Waals surface area contributed by atoms with Crippen molar-refractivity contribution in [1.82, 2.24) is 4.98 Å². The zero-order chi connectivity index (χ0) is 10.8. The molecule has 0 aliphatic carbocycles. The summed E-state index contributed by atoms with van der Waals surface area (Å²) in [6.45, 7) is -0.176. The molecule has 0 saturated heterocycles. The van der Waals surface area contributed by atoms with Crippen LogP contribution in [0.2, 0.25) is 10.0 Å². The molecule has 2 N–H and O–H groups in total. The van der Waals surface area contributed by atoms with Crippen LogP contribution in [0.3, 0.4) is 0 Å².